The van der Waals surface area contributed by atoms with Crippen molar-refractivity contribution in [2.24, 2.45) is 5.92 Å². The second-order valence-electron chi connectivity index (χ2n) is 6.57. The molecule has 5 nitrogen and oxygen atoms in total. The van der Waals surface area contributed by atoms with Crippen LogP contribution >= 0.6 is 12.4 Å². The first-order chi connectivity index (χ1) is 11.5. The minimum Gasteiger partial charge on any atom is -0.331 e. The number of nitrogens with one attached hydrogen (secondary N) is 2. The minimum absolute atomic E-state index is 0. The van der Waals surface area contributed by atoms with Gasteiger partial charge in [-0.3, -0.25) is 9.59 Å². The number of halogens is 2. The molecule has 7 heteroatoms. The molecule has 1 aliphatic rings. The van der Waals surface area contributed by atoms with Gasteiger partial charge in [0.15, 0.2) is 0 Å². The molecule has 1 atom stereocenters. The molecule has 1 aliphatic heterocycles. The second kappa shape index (κ2) is 10.4. The molecule has 0 saturated carbocycles. The van der Waals surface area contributed by atoms with Gasteiger partial charge in [-0.25, -0.2) is 4.39 Å². The van der Waals surface area contributed by atoms with Crippen LogP contribution in [0.3, 0.4) is 0 Å². The van der Waals surface area contributed by atoms with Gasteiger partial charge in [0.2, 0.25) is 11.8 Å². The number of carbonyl (C=O) groups excluding carboxylic acids is 2. The topological polar surface area (TPSA) is 61.4 Å². The predicted octanol–water partition coefficient (Wildman–Crippen LogP) is 2.81. The summed E-state index contributed by atoms with van der Waals surface area (Å²) in [7, 11) is 0. The van der Waals surface area contributed by atoms with Crippen LogP contribution in [-0.2, 0) is 9.59 Å². The van der Waals surface area contributed by atoms with E-state index in [-0.39, 0.29) is 42.6 Å². The molecule has 1 unspecified atom stereocenters. The number of rotatable bonds is 7. The lowest BCUT2D eigenvalue weighted by molar-refractivity contribution is -0.136. The zero-order valence-corrected chi connectivity index (χ0v) is 15.6. The van der Waals surface area contributed by atoms with Gasteiger partial charge in [-0.2, -0.15) is 0 Å². The molecule has 25 heavy (non-hydrogen) atoms. The van der Waals surface area contributed by atoms with Gasteiger partial charge in [0, 0.05) is 18.2 Å². The quantitative estimate of drug-likeness (QED) is 0.774. The van der Waals surface area contributed by atoms with Crippen LogP contribution in [0.4, 0.5) is 10.1 Å². The zero-order chi connectivity index (χ0) is 17.5. The van der Waals surface area contributed by atoms with Crippen LogP contribution in [0.1, 0.15) is 33.1 Å². The van der Waals surface area contributed by atoms with Crippen molar-refractivity contribution in [1.29, 1.82) is 0 Å². The first-order valence-corrected chi connectivity index (χ1v) is 8.51. The van der Waals surface area contributed by atoms with Gasteiger partial charge in [0.25, 0.3) is 0 Å². The molecule has 1 fully saturated rings. The largest absolute Gasteiger partial charge is 0.331 e. The SMILES string of the molecule is CC(C)N(CC(=O)Nc1ccc(F)cc1)C(=O)CCC1CCNC1.Cl. The van der Waals surface area contributed by atoms with E-state index in [9.17, 15) is 14.0 Å². The number of anilines is 1. The fourth-order valence-electron chi connectivity index (χ4n) is 2.88. The summed E-state index contributed by atoms with van der Waals surface area (Å²) in [5.41, 5.74) is 0.523. The lowest BCUT2D eigenvalue weighted by atomic mass is 10.0. The van der Waals surface area contributed by atoms with Crippen molar-refractivity contribution < 1.29 is 14.0 Å². The maximum Gasteiger partial charge on any atom is 0.244 e. The molecule has 2 rings (SSSR count). The van der Waals surface area contributed by atoms with E-state index in [1.165, 1.54) is 24.3 Å². The van der Waals surface area contributed by atoms with Gasteiger partial charge in [0.05, 0.1) is 0 Å². The molecule has 1 saturated heterocycles. The number of amides is 2. The summed E-state index contributed by atoms with van der Waals surface area (Å²) >= 11 is 0. The Hall–Kier alpha value is -1.66. The number of benzene rings is 1. The lowest BCUT2D eigenvalue weighted by Gasteiger charge is -2.26. The van der Waals surface area contributed by atoms with Crippen molar-refractivity contribution in [3.63, 3.8) is 0 Å². The van der Waals surface area contributed by atoms with E-state index in [0.29, 0.717) is 18.0 Å². The van der Waals surface area contributed by atoms with Crippen LogP contribution in [0, 0.1) is 11.7 Å². The average Bonchev–Trinajstić information content (AvgIpc) is 3.06. The molecule has 140 valence electrons. The molecule has 0 radical (unpaired) electrons. The van der Waals surface area contributed by atoms with Gasteiger partial charge in [-0.05, 0) is 70.0 Å². The fourth-order valence-corrected chi connectivity index (χ4v) is 2.88. The molecular weight excluding hydrogens is 345 g/mol. The third-order valence-corrected chi connectivity index (χ3v) is 4.31. The van der Waals surface area contributed by atoms with Crippen LogP contribution in [0.15, 0.2) is 24.3 Å². The van der Waals surface area contributed by atoms with Gasteiger partial charge >= 0.3 is 0 Å². The van der Waals surface area contributed by atoms with Crippen LogP contribution in [0.5, 0.6) is 0 Å². The summed E-state index contributed by atoms with van der Waals surface area (Å²) in [6.45, 7) is 5.81. The highest BCUT2D eigenvalue weighted by molar-refractivity contribution is 5.94. The molecule has 0 bridgehead atoms. The molecule has 0 aliphatic carbocycles. The Morgan fingerprint density at radius 1 is 1.32 bits per heavy atom. The Bertz CT molecular complexity index is 560. The highest BCUT2D eigenvalue weighted by Crippen LogP contribution is 2.16. The Balaban J connectivity index is 0.00000312. The molecule has 0 spiro atoms. The Morgan fingerprint density at radius 3 is 2.56 bits per heavy atom. The first kappa shape index (κ1) is 21.4. The monoisotopic (exact) mass is 371 g/mol. The van der Waals surface area contributed by atoms with Crippen LogP contribution in [0.2, 0.25) is 0 Å². The molecule has 0 aromatic heterocycles. The number of hydrogen-bond donors (Lipinski definition) is 2. The second-order valence-corrected chi connectivity index (χ2v) is 6.57. The smallest absolute Gasteiger partial charge is 0.244 e. The van der Waals surface area contributed by atoms with Crippen LogP contribution in [-0.4, -0.2) is 42.4 Å². The van der Waals surface area contributed by atoms with E-state index in [1.807, 2.05) is 13.8 Å². The average molecular weight is 372 g/mol. The number of carbonyl (C=O) groups is 2. The Kier molecular flexibility index (Phi) is 8.86. The van der Waals surface area contributed by atoms with E-state index in [0.717, 1.165) is 25.9 Å². The summed E-state index contributed by atoms with van der Waals surface area (Å²) in [5, 5.41) is 5.99. The van der Waals surface area contributed by atoms with E-state index in [4.69, 9.17) is 0 Å². The number of hydrogen-bond acceptors (Lipinski definition) is 3. The highest BCUT2D eigenvalue weighted by Gasteiger charge is 2.22. The summed E-state index contributed by atoms with van der Waals surface area (Å²) in [5.74, 6) is -0.0678. The Labute approximate surface area is 154 Å². The number of nitrogens with zero attached hydrogens (tertiary/aromatic N) is 1. The predicted molar refractivity (Wildman–Crippen MR) is 99.3 cm³/mol. The first-order valence-electron chi connectivity index (χ1n) is 8.51. The van der Waals surface area contributed by atoms with Crippen molar-refractivity contribution in [2.45, 2.75) is 39.2 Å². The third-order valence-electron chi connectivity index (χ3n) is 4.31. The summed E-state index contributed by atoms with van der Waals surface area (Å²) in [6.07, 6.45) is 2.43. The molecule has 2 amide bonds. The third kappa shape index (κ3) is 7.00. The Morgan fingerprint density at radius 2 is 2.00 bits per heavy atom. The normalized spacial score (nSPS) is 16.4. The lowest BCUT2D eigenvalue weighted by Crippen LogP contribution is -2.42. The zero-order valence-electron chi connectivity index (χ0n) is 14.8. The van der Waals surface area contributed by atoms with E-state index < -0.39 is 0 Å². The van der Waals surface area contributed by atoms with E-state index in [1.54, 1.807) is 4.90 Å². The maximum absolute atomic E-state index is 12.9. The minimum atomic E-state index is -0.353. The fraction of sp³-hybridized carbons (Fsp3) is 0.556. The van der Waals surface area contributed by atoms with Crippen molar-refractivity contribution in [3.05, 3.63) is 30.1 Å². The van der Waals surface area contributed by atoms with Crippen LogP contribution in [0.25, 0.3) is 0 Å². The van der Waals surface area contributed by atoms with E-state index >= 15 is 0 Å². The standard InChI is InChI=1S/C18H26FN3O2.ClH/c1-13(2)22(18(24)8-3-14-9-10-20-11-14)12-17(23)21-16-6-4-15(19)5-7-16;/h4-7,13-14,20H,3,8-12H2,1-2H3,(H,21,23);1H. The van der Waals surface area contributed by atoms with Gasteiger partial charge in [-0.15, -0.1) is 12.4 Å². The van der Waals surface area contributed by atoms with Gasteiger partial charge in [-0.1, -0.05) is 0 Å². The summed E-state index contributed by atoms with van der Waals surface area (Å²) < 4.78 is 12.9. The van der Waals surface area contributed by atoms with E-state index in [2.05, 4.69) is 10.6 Å². The van der Waals surface area contributed by atoms with Crippen molar-refractivity contribution in [3.8, 4) is 0 Å². The highest BCUT2D eigenvalue weighted by atomic mass is 35.5. The summed E-state index contributed by atoms with van der Waals surface area (Å²) in [6, 6.07) is 5.54. The van der Waals surface area contributed by atoms with Gasteiger partial charge < -0.3 is 15.5 Å². The maximum atomic E-state index is 12.9. The molecule has 1 heterocycles. The molecule has 2 N–H and O–H groups in total. The van der Waals surface area contributed by atoms with Crippen LogP contribution < -0.4 is 10.6 Å². The summed E-state index contributed by atoms with van der Waals surface area (Å²) in [4.78, 5) is 26.2. The molecular formula is C18H27ClFN3O2. The van der Waals surface area contributed by atoms with Crippen molar-refractivity contribution >= 4 is 29.9 Å². The molecule has 1 aromatic rings. The van der Waals surface area contributed by atoms with Gasteiger partial charge in [0.1, 0.15) is 12.4 Å². The van der Waals surface area contributed by atoms with Crippen molar-refractivity contribution in [1.82, 2.24) is 10.2 Å². The van der Waals surface area contributed by atoms with Crippen molar-refractivity contribution in [2.75, 3.05) is 25.0 Å². The molecule has 1 aromatic carbocycles.